The van der Waals surface area contributed by atoms with Gasteiger partial charge in [-0.15, -0.1) is 0 Å². The predicted molar refractivity (Wildman–Crippen MR) is 41.7 cm³/mol. The van der Waals surface area contributed by atoms with E-state index >= 15 is 0 Å². The number of rotatable bonds is 1. The molecule has 0 unspecified atom stereocenters. The average molecular weight is 192 g/mol. The second-order valence-corrected chi connectivity index (χ2v) is 3.85. The topological polar surface area (TPSA) is 60.8 Å². The normalized spacial score (nSPS) is 46.8. The van der Waals surface area contributed by atoms with Gasteiger partial charge in [0.25, 0.3) is 0 Å². The van der Waals surface area contributed by atoms with Crippen molar-refractivity contribution in [2.75, 3.05) is 0 Å². The van der Waals surface area contributed by atoms with Gasteiger partial charge in [0.1, 0.15) is 0 Å². The van der Waals surface area contributed by atoms with Crippen LogP contribution in [0.3, 0.4) is 0 Å². The first-order valence-corrected chi connectivity index (χ1v) is 4.29. The molecule has 2 fully saturated rings. The Hall–Kier alpha value is -0.320. The van der Waals surface area contributed by atoms with Gasteiger partial charge in [0.05, 0.1) is 6.10 Å². The highest BCUT2D eigenvalue weighted by Gasteiger charge is 2.62. The van der Waals surface area contributed by atoms with Crippen LogP contribution in [0.25, 0.3) is 0 Å². The maximum Gasteiger partial charge on any atom is 0.328 e. The van der Waals surface area contributed by atoms with E-state index in [2.05, 4.69) is 0 Å². The van der Waals surface area contributed by atoms with Gasteiger partial charge in [-0.1, -0.05) is 0 Å². The number of halogens is 1. The zero-order valence-corrected chi connectivity index (χ0v) is 7.16. The molecular formula is C7H10ClNO3. The van der Waals surface area contributed by atoms with Crippen LogP contribution in [0.2, 0.25) is 0 Å². The molecular weight excluding hydrogens is 182 g/mol. The summed E-state index contributed by atoms with van der Waals surface area (Å²) in [6.45, 7) is 0. The van der Waals surface area contributed by atoms with Crippen LogP contribution in [-0.4, -0.2) is 38.3 Å². The minimum absolute atomic E-state index is 0.0396. The zero-order chi connectivity index (χ0) is 8.93. The third kappa shape index (κ3) is 0.727. The Balaban J connectivity index is 2.38. The lowest BCUT2D eigenvalue weighted by Crippen LogP contribution is -2.51. The summed E-state index contributed by atoms with van der Waals surface area (Å²) >= 11 is 5.81. The number of aliphatic hydroxyl groups excluding tert-OH is 1. The first kappa shape index (κ1) is 8.29. The van der Waals surface area contributed by atoms with E-state index in [1.807, 2.05) is 0 Å². The molecule has 0 spiro atoms. The van der Waals surface area contributed by atoms with Crippen LogP contribution in [-0.2, 0) is 4.79 Å². The molecule has 2 saturated heterocycles. The van der Waals surface area contributed by atoms with Crippen LogP contribution < -0.4 is 0 Å². The van der Waals surface area contributed by atoms with Crippen LogP contribution in [0.4, 0.5) is 0 Å². The smallest absolute Gasteiger partial charge is 0.328 e. The molecule has 0 saturated carbocycles. The Labute approximate surface area is 74.8 Å². The van der Waals surface area contributed by atoms with Gasteiger partial charge >= 0.3 is 5.97 Å². The fourth-order valence-electron chi connectivity index (χ4n) is 2.25. The minimum atomic E-state index is -1.20. The summed E-state index contributed by atoms with van der Waals surface area (Å²) in [6, 6.07) is 0.0396. The molecule has 12 heavy (non-hydrogen) atoms. The van der Waals surface area contributed by atoms with E-state index in [0.717, 1.165) is 6.42 Å². The molecule has 3 atom stereocenters. The van der Waals surface area contributed by atoms with E-state index < -0.39 is 17.6 Å². The van der Waals surface area contributed by atoms with Crippen molar-refractivity contribution in [2.24, 2.45) is 0 Å². The van der Waals surface area contributed by atoms with Crippen molar-refractivity contribution in [3.63, 3.8) is 0 Å². The van der Waals surface area contributed by atoms with Crippen LogP contribution >= 0.6 is 11.8 Å². The average Bonchev–Trinajstić information content (AvgIpc) is 2.42. The Morgan fingerprint density at radius 3 is 2.58 bits per heavy atom. The van der Waals surface area contributed by atoms with Crippen molar-refractivity contribution < 1.29 is 15.0 Å². The van der Waals surface area contributed by atoms with Gasteiger partial charge in [-0.05, 0) is 31.0 Å². The number of carbonyl (C=O) groups is 1. The fraction of sp³-hybridized carbons (Fsp3) is 0.857. The van der Waals surface area contributed by atoms with Crippen molar-refractivity contribution in [3.8, 4) is 0 Å². The van der Waals surface area contributed by atoms with E-state index in [-0.39, 0.29) is 6.04 Å². The molecule has 4 nitrogen and oxygen atoms in total. The number of carboxylic acid groups (broad SMARTS) is 1. The molecule has 0 aliphatic carbocycles. The molecule has 0 radical (unpaired) electrons. The second kappa shape index (κ2) is 2.34. The molecule has 2 N–H and O–H groups in total. The van der Waals surface area contributed by atoms with E-state index in [9.17, 15) is 9.90 Å². The molecule has 5 heteroatoms. The van der Waals surface area contributed by atoms with Gasteiger partial charge < -0.3 is 10.2 Å². The Bertz CT molecular complexity index is 235. The summed E-state index contributed by atoms with van der Waals surface area (Å²) in [4.78, 5) is 10.9. The molecule has 0 aromatic heterocycles. The van der Waals surface area contributed by atoms with Gasteiger partial charge in [-0.3, -0.25) is 4.79 Å². The van der Waals surface area contributed by atoms with Crippen LogP contribution in [0, 0.1) is 0 Å². The van der Waals surface area contributed by atoms with Gasteiger partial charge in [0.15, 0.2) is 5.54 Å². The number of nitrogens with zero attached hydrogens (tertiary/aromatic N) is 1. The number of hydrogen-bond donors (Lipinski definition) is 2. The quantitative estimate of drug-likeness (QED) is 0.581. The number of aliphatic hydroxyl groups is 1. The highest BCUT2D eigenvalue weighted by molar-refractivity contribution is 6.16. The number of fused-ring (bicyclic) bond motifs is 2. The zero-order valence-electron chi connectivity index (χ0n) is 6.40. The van der Waals surface area contributed by atoms with E-state index in [1.54, 1.807) is 0 Å². The molecule has 2 heterocycles. The monoisotopic (exact) mass is 191 g/mol. The lowest BCUT2D eigenvalue weighted by molar-refractivity contribution is -0.151. The van der Waals surface area contributed by atoms with Crippen LogP contribution in [0.5, 0.6) is 0 Å². The highest BCUT2D eigenvalue weighted by atomic mass is 35.5. The van der Waals surface area contributed by atoms with Crippen LogP contribution in [0.15, 0.2) is 0 Å². The summed E-state index contributed by atoms with van der Waals surface area (Å²) in [6.07, 6.45) is 0.895. The molecule has 2 aliphatic heterocycles. The van der Waals surface area contributed by atoms with Gasteiger partial charge in [-0.25, -0.2) is 0 Å². The minimum Gasteiger partial charge on any atom is -0.480 e. The highest BCUT2D eigenvalue weighted by Crippen LogP contribution is 2.47. The number of carboxylic acids is 1. The Morgan fingerprint density at radius 2 is 2.33 bits per heavy atom. The SMILES string of the molecule is O=C(O)[C@@]12CC[C@@H](C[C@H]1O)N2Cl. The lowest BCUT2D eigenvalue weighted by Gasteiger charge is -2.28. The van der Waals surface area contributed by atoms with Crippen molar-refractivity contribution in [1.29, 1.82) is 0 Å². The van der Waals surface area contributed by atoms with Gasteiger partial charge in [-0.2, -0.15) is 4.42 Å². The van der Waals surface area contributed by atoms with Crippen LogP contribution in [0.1, 0.15) is 19.3 Å². The third-order valence-corrected chi connectivity index (χ3v) is 3.56. The lowest BCUT2D eigenvalue weighted by atomic mass is 9.85. The van der Waals surface area contributed by atoms with Gasteiger partial charge in [0, 0.05) is 6.04 Å². The largest absolute Gasteiger partial charge is 0.480 e. The van der Waals surface area contributed by atoms with Crippen molar-refractivity contribution in [2.45, 2.75) is 36.9 Å². The maximum absolute atomic E-state index is 10.9. The van der Waals surface area contributed by atoms with E-state index in [0.29, 0.717) is 12.8 Å². The summed E-state index contributed by atoms with van der Waals surface area (Å²) < 4.78 is 1.29. The Morgan fingerprint density at radius 1 is 1.67 bits per heavy atom. The van der Waals surface area contributed by atoms with Crippen molar-refractivity contribution in [3.05, 3.63) is 0 Å². The third-order valence-electron chi connectivity index (χ3n) is 2.98. The molecule has 2 rings (SSSR count). The fourth-order valence-corrected chi connectivity index (χ4v) is 2.69. The molecule has 2 aliphatic rings. The molecule has 0 aromatic rings. The van der Waals surface area contributed by atoms with Gasteiger partial charge in [0.2, 0.25) is 0 Å². The summed E-state index contributed by atoms with van der Waals surface area (Å²) in [5, 5.41) is 18.4. The molecule has 0 aromatic carbocycles. The maximum atomic E-state index is 10.9. The molecule has 68 valence electrons. The van der Waals surface area contributed by atoms with E-state index in [4.69, 9.17) is 16.9 Å². The second-order valence-electron chi connectivity index (χ2n) is 3.48. The molecule has 2 bridgehead atoms. The number of hydrogen-bond acceptors (Lipinski definition) is 3. The first-order valence-electron chi connectivity index (χ1n) is 3.95. The summed E-state index contributed by atoms with van der Waals surface area (Å²) in [5.41, 5.74) is -1.20. The van der Waals surface area contributed by atoms with Crippen molar-refractivity contribution in [1.82, 2.24) is 4.42 Å². The first-order chi connectivity index (χ1) is 5.59. The Kier molecular flexibility index (Phi) is 1.62. The van der Waals surface area contributed by atoms with E-state index in [1.165, 1.54) is 4.42 Å². The predicted octanol–water partition coefficient (Wildman–Crippen LogP) is 0.193. The number of aliphatic carboxylic acids is 1. The summed E-state index contributed by atoms with van der Waals surface area (Å²) in [7, 11) is 0. The summed E-state index contributed by atoms with van der Waals surface area (Å²) in [5.74, 6) is -1.01. The standard InChI is InChI=1S/C7H10ClNO3/c8-9-4-1-2-7(9,6(11)12)5(10)3-4/h4-5,10H,1-3H2,(H,11,12)/t4-,5+,7+/m0/s1. The van der Waals surface area contributed by atoms with Crippen molar-refractivity contribution >= 4 is 17.7 Å². The molecule has 0 amide bonds.